The number of hydrogen-bond acceptors (Lipinski definition) is 0. The molecule has 0 bridgehead atoms. The van der Waals surface area contributed by atoms with Crippen molar-refractivity contribution in [3.8, 4) is 0 Å². The lowest BCUT2D eigenvalue weighted by Gasteiger charge is -1.94. The van der Waals surface area contributed by atoms with Gasteiger partial charge in [0, 0.05) is 11.4 Å². The number of aromatic nitrogens is 1. The molecule has 1 heterocycles. The summed E-state index contributed by atoms with van der Waals surface area (Å²) in [6, 6.07) is 2.23. The Balaban J connectivity index is 2.96. The van der Waals surface area contributed by atoms with Crippen LogP contribution in [-0.2, 0) is 12.8 Å². The van der Waals surface area contributed by atoms with Gasteiger partial charge in [0.1, 0.15) is 0 Å². The molecule has 1 heteroatoms. The van der Waals surface area contributed by atoms with E-state index in [9.17, 15) is 0 Å². The van der Waals surface area contributed by atoms with Crippen molar-refractivity contribution < 1.29 is 0 Å². The second kappa shape index (κ2) is 2.91. The molecule has 0 saturated heterocycles. The van der Waals surface area contributed by atoms with E-state index in [1.54, 1.807) is 0 Å². The summed E-state index contributed by atoms with van der Waals surface area (Å²) in [5, 5.41) is 0. The highest BCUT2D eigenvalue weighted by atomic mass is 14.7. The largest absolute Gasteiger partial charge is 0.362 e. The Morgan fingerprint density at radius 1 is 1.30 bits per heavy atom. The van der Waals surface area contributed by atoms with Crippen molar-refractivity contribution in [1.29, 1.82) is 0 Å². The average Bonchev–Trinajstić information content (AvgIpc) is 2.30. The van der Waals surface area contributed by atoms with Gasteiger partial charge in [-0.3, -0.25) is 0 Å². The zero-order valence-electron chi connectivity index (χ0n) is 6.99. The molecular formula is C9H15N. The average molecular weight is 137 g/mol. The smallest absolute Gasteiger partial charge is 0.0178 e. The van der Waals surface area contributed by atoms with Gasteiger partial charge in [0.15, 0.2) is 0 Å². The standard InChI is InChI=1S/C9H15N/c1-4-8-6-7(3)10-9(8)5-2/h6,10H,4-5H2,1-3H3. The van der Waals surface area contributed by atoms with E-state index in [-0.39, 0.29) is 0 Å². The van der Waals surface area contributed by atoms with Crippen LogP contribution in [0.25, 0.3) is 0 Å². The molecule has 0 radical (unpaired) electrons. The predicted octanol–water partition coefficient (Wildman–Crippen LogP) is 2.45. The lowest BCUT2D eigenvalue weighted by atomic mass is 10.1. The van der Waals surface area contributed by atoms with E-state index in [2.05, 4.69) is 31.8 Å². The highest BCUT2D eigenvalue weighted by Gasteiger charge is 2.00. The SMILES string of the molecule is CCc1cc(C)[nH]c1CC. The maximum atomic E-state index is 3.35. The zero-order chi connectivity index (χ0) is 7.56. The molecule has 1 N–H and O–H groups in total. The number of hydrogen-bond donors (Lipinski definition) is 1. The minimum absolute atomic E-state index is 1.12. The highest BCUT2D eigenvalue weighted by molar-refractivity contribution is 5.25. The molecule has 1 aromatic rings. The van der Waals surface area contributed by atoms with Gasteiger partial charge in [0.25, 0.3) is 0 Å². The van der Waals surface area contributed by atoms with Crippen LogP contribution in [0.4, 0.5) is 0 Å². The maximum Gasteiger partial charge on any atom is 0.0178 e. The van der Waals surface area contributed by atoms with E-state index in [4.69, 9.17) is 0 Å². The second-order valence-electron chi connectivity index (χ2n) is 2.66. The van der Waals surface area contributed by atoms with Gasteiger partial charge in [0.2, 0.25) is 0 Å². The van der Waals surface area contributed by atoms with Crippen LogP contribution in [-0.4, -0.2) is 4.98 Å². The van der Waals surface area contributed by atoms with E-state index in [0.29, 0.717) is 0 Å². The number of H-pyrrole nitrogens is 1. The van der Waals surface area contributed by atoms with Crippen LogP contribution in [0.3, 0.4) is 0 Å². The monoisotopic (exact) mass is 137 g/mol. The van der Waals surface area contributed by atoms with Gasteiger partial charge in [-0.05, 0) is 31.4 Å². The maximum absolute atomic E-state index is 3.35. The molecule has 0 amide bonds. The minimum Gasteiger partial charge on any atom is -0.362 e. The molecule has 0 atom stereocenters. The Morgan fingerprint density at radius 2 is 2.00 bits per heavy atom. The van der Waals surface area contributed by atoms with Crippen molar-refractivity contribution in [3.05, 3.63) is 23.0 Å². The fraction of sp³-hybridized carbons (Fsp3) is 0.556. The molecule has 1 rings (SSSR count). The van der Waals surface area contributed by atoms with Crippen molar-refractivity contribution in [2.24, 2.45) is 0 Å². The zero-order valence-corrected chi connectivity index (χ0v) is 6.99. The Hall–Kier alpha value is -0.720. The molecule has 0 aromatic carbocycles. The summed E-state index contributed by atoms with van der Waals surface area (Å²) in [7, 11) is 0. The van der Waals surface area contributed by atoms with Crippen LogP contribution >= 0.6 is 0 Å². The Labute approximate surface area is 62.5 Å². The van der Waals surface area contributed by atoms with E-state index in [1.807, 2.05) is 0 Å². The van der Waals surface area contributed by atoms with Crippen LogP contribution < -0.4 is 0 Å². The molecule has 0 fully saturated rings. The van der Waals surface area contributed by atoms with Crippen LogP contribution in [0.15, 0.2) is 6.07 Å². The van der Waals surface area contributed by atoms with Gasteiger partial charge < -0.3 is 4.98 Å². The summed E-state index contributed by atoms with van der Waals surface area (Å²) >= 11 is 0. The summed E-state index contributed by atoms with van der Waals surface area (Å²) in [6.45, 7) is 6.49. The van der Waals surface area contributed by atoms with Crippen molar-refractivity contribution in [3.63, 3.8) is 0 Å². The number of aryl methyl sites for hydroxylation is 3. The van der Waals surface area contributed by atoms with E-state index in [0.717, 1.165) is 12.8 Å². The van der Waals surface area contributed by atoms with Crippen molar-refractivity contribution in [2.75, 3.05) is 0 Å². The number of aromatic amines is 1. The third kappa shape index (κ3) is 1.23. The topological polar surface area (TPSA) is 15.8 Å². The summed E-state index contributed by atoms with van der Waals surface area (Å²) in [5.74, 6) is 0. The fourth-order valence-electron chi connectivity index (χ4n) is 1.33. The molecule has 0 unspecified atom stereocenters. The van der Waals surface area contributed by atoms with Gasteiger partial charge in [0.05, 0.1) is 0 Å². The lowest BCUT2D eigenvalue weighted by Crippen LogP contribution is -1.85. The summed E-state index contributed by atoms with van der Waals surface area (Å²) in [4.78, 5) is 3.35. The summed E-state index contributed by atoms with van der Waals surface area (Å²) in [6.07, 6.45) is 2.27. The molecule has 0 aliphatic heterocycles. The van der Waals surface area contributed by atoms with Crippen LogP contribution in [0.5, 0.6) is 0 Å². The normalized spacial score (nSPS) is 10.3. The van der Waals surface area contributed by atoms with E-state index >= 15 is 0 Å². The quantitative estimate of drug-likeness (QED) is 0.644. The first kappa shape index (κ1) is 7.39. The van der Waals surface area contributed by atoms with Gasteiger partial charge in [-0.1, -0.05) is 13.8 Å². The highest BCUT2D eigenvalue weighted by Crippen LogP contribution is 2.10. The van der Waals surface area contributed by atoms with E-state index < -0.39 is 0 Å². The van der Waals surface area contributed by atoms with Gasteiger partial charge in [-0.15, -0.1) is 0 Å². The first-order chi connectivity index (χ1) is 4.77. The van der Waals surface area contributed by atoms with Crippen molar-refractivity contribution in [1.82, 2.24) is 4.98 Å². The second-order valence-corrected chi connectivity index (χ2v) is 2.66. The first-order valence-electron chi connectivity index (χ1n) is 3.95. The molecule has 0 aliphatic carbocycles. The van der Waals surface area contributed by atoms with E-state index in [1.165, 1.54) is 17.0 Å². The van der Waals surface area contributed by atoms with Crippen molar-refractivity contribution in [2.45, 2.75) is 33.6 Å². The van der Waals surface area contributed by atoms with Crippen LogP contribution in [0, 0.1) is 6.92 Å². The molecule has 0 spiro atoms. The first-order valence-corrected chi connectivity index (χ1v) is 3.95. The Morgan fingerprint density at radius 3 is 2.40 bits per heavy atom. The lowest BCUT2D eigenvalue weighted by molar-refractivity contribution is 0.994. The Kier molecular flexibility index (Phi) is 2.15. The van der Waals surface area contributed by atoms with Gasteiger partial charge >= 0.3 is 0 Å². The van der Waals surface area contributed by atoms with Crippen molar-refractivity contribution >= 4 is 0 Å². The molecule has 1 nitrogen and oxygen atoms in total. The number of rotatable bonds is 2. The molecule has 1 aromatic heterocycles. The molecule has 0 aliphatic rings. The molecule has 56 valence electrons. The van der Waals surface area contributed by atoms with Gasteiger partial charge in [-0.25, -0.2) is 0 Å². The fourth-order valence-corrected chi connectivity index (χ4v) is 1.33. The molecular weight excluding hydrogens is 122 g/mol. The Bertz CT molecular complexity index is 189. The predicted molar refractivity (Wildman–Crippen MR) is 44.3 cm³/mol. The minimum atomic E-state index is 1.12. The van der Waals surface area contributed by atoms with Gasteiger partial charge in [-0.2, -0.15) is 0 Å². The number of nitrogens with one attached hydrogen (secondary N) is 1. The summed E-state index contributed by atoms with van der Waals surface area (Å²) < 4.78 is 0. The summed E-state index contributed by atoms with van der Waals surface area (Å²) in [5.41, 5.74) is 4.16. The molecule has 10 heavy (non-hydrogen) atoms. The molecule has 0 saturated carbocycles. The third-order valence-corrected chi connectivity index (χ3v) is 1.86. The van der Waals surface area contributed by atoms with Crippen LogP contribution in [0.1, 0.15) is 30.8 Å². The third-order valence-electron chi connectivity index (χ3n) is 1.86. The van der Waals surface area contributed by atoms with Crippen LogP contribution in [0.2, 0.25) is 0 Å².